The van der Waals surface area contributed by atoms with Crippen molar-refractivity contribution in [2.24, 2.45) is 7.05 Å². The third kappa shape index (κ3) is 2.96. The van der Waals surface area contributed by atoms with Gasteiger partial charge in [-0.1, -0.05) is 24.6 Å². The van der Waals surface area contributed by atoms with Crippen LogP contribution in [0.15, 0.2) is 24.3 Å². The van der Waals surface area contributed by atoms with Crippen molar-refractivity contribution in [3.8, 4) is 5.75 Å². The molecule has 1 aromatic heterocycles. The van der Waals surface area contributed by atoms with E-state index < -0.39 is 0 Å². The van der Waals surface area contributed by atoms with Crippen molar-refractivity contribution in [1.82, 2.24) is 9.78 Å². The summed E-state index contributed by atoms with van der Waals surface area (Å²) in [4.78, 5) is 11.0. The van der Waals surface area contributed by atoms with Crippen molar-refractivity contribution in [2.45, 2.75) is 20.0 Å². The molecule has 0 unspecified atom stereocenters. The second kappa shape index (κ2) is 5.89. The molecule has 2 aromatic rings. The largest absolute Gasteiger partial charge is 0.487 e. The van der Waals surface area contributed by atoms with Crippen LogP contribution in [0.3, 0.4) is 0 Å². The molecule has 19 heavy (non-hydrogen) atoms. The average molecular weight is 279 g/mol. The number of carbonyl (C=O) groups is 1. The fraction of sp³-hybridized carbons (Fsp3) is 0.286. The Morgan fingerprint density at radius 3 is 2.89 bits per heavy atom. The first kappa shape index (κ1) is 13.6. The normalized spacial score (nSPS) is 10.5. The van der Waals surface area contributed by atoms with Gasteiger partial charge in [0, 0.05) is 7.05 Å². The van der Waals surface area contributed by atoms with Gasteiger partial charge in [-0.2, -0.15) is 5.10 Å². The first-order valence-corrected chi connectivity index (χ1v) is 6.41. The third-order valence-electron chi connectivity index (χ3n) is 2.90. The number of halogens is 1. The SMILES string of the molecule is CCc1cc(COc2cccc(Cl)c2C=O)n(C)n1. The van der Waals surface area contributed by atoms with Gasteiger partial charge in [-0.3, -0.25) is 9.48 Å². The molecule has 0 amide bonds. The van der Waals surface area contributed by atoms with Crippen LogP contribution in [0.1, 0.15) is 28.7 Å². The molecule has 100 valence electrons. The maximum absolute atomic E-state index is 11.0. The summed E-state index contributed by atoms with van der Waals surface area (Å²) in [5.41, 5.74) is 2.35. The number of rotatable bonds is 5. The van der Waals surface area contributed by atoms with Gasteiger partial charge in [-0.15, -0.1) is 0 Å². The van der Waals surface area contributed by atoms with Crippen molar-refractivity contribution in [3.05, 3.63) is 46.2 Å². The van der Waals surface area contributed by atoms with Crippen molar-refractivity contribution in [1.29, 1.82) is 0 Å². The molecule has 1 aromatic carbocycles. The molecule has 0 N–H and O–H groups in total. The molecule has 1 heterocycles. The Morgan fingerprint density at radius 2 is 2.26 bits per heavy atom. The molecular formula is C14H15ClN2O2. The van der Waals surface area contributed by atoms with Crippen molar-refractivity contribution in [2.75, 3.05) is 0 Å². The Bertz CT molecular complexity index is 593. The number of hydrogen-bond acceptors (Lipinski definition) is 3. The number of carbonyl (C=O) groups excluding carboxylic acids is 1. The number of ether oxygens (including phenoxy) is 1. The predicted octanol–water partition coefficient (Wildman–Crippen LogP) is 3.03. The van der Waals surface area contributed by atoms with E-state index in [2.05, 4.69) is 12.0 Å². The number of nitrogens with zero attached hydrogens (tertiary/aromatic N) is 2. The van der Waals surface area contributed by atoms with E-state index in [0.29, 0.717) is 29.2 Å². The molecule has 0 aliphatic carbocycles. The van der Waals surface area contributed by atoms with Crippen LogP contribution >= 0.6 is 11.6 Å². The molecule has 0 spiro atoms. The standard InChI is InChI=1S/C14H15ClN2O2/c1-3-10-7-11(17(2)16-10)9-19-14-6-4-5-13(15)12(14)8-18/h4-8H,3,9H2,1-2H3. The molecule has 5 heteroatoms. The summed E-state index contributed by atoms with van der Waals surface area (Å²) in [5.74, 6) is 0.488. The fourth-order valence-electron chi connectivity index (χ4n) is 1.79. The van der Waals surface area contributed by atoms with E-state index >= 15 is 0 Å². The van der Waals surface area contributed by atoms with Gasteiger partial charge in [0.1, 0.15) is 12.4 Å². The highest BCUT2D eigenvalue weighted by molar-refractivity contribution is 6.33. The zero-order chi connectivity index (χ0) is 13.8. The lowest BCUT2D eigenvalue weighted by Crippen LogP contribution is -2.04. The number of aromatic nitrogens is 2. The summed E-state index contributed by atoms with van der Waals surface area (Å²) >= 11 is 5.94. The Balaban J connectivity index is 2.16. The summed E-state index contributed by atoms with van der Waals surface area (Å²) in [6.45, 7) is 2.40. The van der Waals surface area contributed by atoms with E-state index in [9.17, 15) is 4.79 Å². The van der Waals surface area contributed by atoms with Gasteiger partial charge < -0.3 is 4.74 Å². The molecule has 2 rings (SSSR count). The minimum absolute atomic E-state index is 0.352. The van der Waals surface area contributed by atoms with Gasteiger partial charge in [0.2, 0.25) is 0 Å². The average Bonchev–Trinajstić information content (AvgIpc) is 2.77. The van der Waals surface area contributed by atoms with Crippen LogP contribution in [0.25, 0.3) is 0 Å². The minimum Gasteiger partial charge on any atom is -0.487 e. The summed E-state index contributed by atoms with van der Waals surface area (Å²) in [5, 5.41) is 4.74. The summed E-state index contributed by atoms with van der Waals surface area (Å²) in [7, 11) is 1.87. The zero-order valence-electron chi connectivity index (χ0n) is 10.9. The molecule has 0 saturated heterocycles. The van der Waals surface area contributed by atoms with E-state index in [0.717, 1.165) is 17.8 Å². The van der Waals surface area contributed by atoms with Gasteiger partial charge in [0.25, 0.3) is 0 Å². The first-order chi connectivity index (χ1) is 9.15. The number of aryl methyl sites for hydroxylation is 2. The van der Waals surface area contributed by atoms with Crippen LogP contribution in [0, 0.1) is 0 Å². The maximum Gasteiger partial charge on any atom is 0.155 e. The molecular weight excluding hydrogens is 264 g/mol. The lowest BCUT2D eigenvalue weighted by atomic mass is 10.2. The van der Waals surface area contributed by atoms with E-state index in [1.807, 2.05) is 13.1 Å². The van der Waals surface area contributed by atoms with Crippen LogP contribution in [0.5, 0.6) is 5.75 Å². The van der Waals surface area contributed by atoms with Crippen molar-refractivity contribution in [3.63, 3.8) is 0 Å². The summed E-state index contributed by atoms with van der Waals surface area (Å²) in [6.07, 6.45) is 1.59. The lowest BCUT2D eigenvalue weighted by molar-refractivity contribution is 0.111. The molecule has 0 atom stereocenters. The smallest absolute Gasteiger partial charge is 0.155 e. The molecule has 4 nitrogen and oxygen atoms in total. The Kier molecular flexibility index (Phi) is 4.22. The molecule has 0 fully saturated rings. The van der Waals surface area contributed by atoms with E-state index in [-0.39, 0.29) is 0 Å². The van der Waals surface area contributed by atoms with Crippen LogP contribution < -0.4 is 4.74 Å². The molecule has 0 aliphatic heterocycles. The Morgan fingerprint density at radius 1 is 1.47 bits per heavy atom. The van der Waals surface area contributed by atoms with E-state index in [1.54, 1.807) is 22.9 Å². The highest BCUT2D eigenvalue weighted by Crippen LogP contribution is 2.25. The lowest BCUT2D eigenvalue weighted by Gasteiger charge is -2.09. The van der Waals surface area contributed by atoms with Crippen LogP contribution in [0.4, 0.5) is 0 Å². The zero-order valence-corrected chi connectivity index (χ0v) is 11.6. The summed E-state index contributed by atoms with van der Waals surface area (Å²) < 4.78 is 7.44. The molecule has 0 bridgehead atoms. The highest BCUT2D eigenvalue weighted by Gasteiger charge is 2.09. The van der Waals surface area contributed by atoms with E-state index in [4.69, 9.17) is 16.3 Å². The molecule has 0 saturated carbocycles. The van der Waals surface area contributed by atoms with Gasteiger partial charge in [-0.25, -0.2) is 0 Å². The van der Waals surface area contributed by atoms with Crippen molar-refractivity contribution >= 4 is 17.9 Å². The van der Waals surface area contributed by atoms with Crippen LogP contribution in [-0.2, 0) is 20.1 Å². The van der Waals surface area contributed by atoms with Gasteiger partial charge in [0.05, 0.1) is 22.0 Å². The first-order valence-electron chi connectivity index (χ1n) is 6.04. The molecule has 0 aliphatic rings. The fourth-order valence-corrected chi connectivity index (χ4v) is 2.00. The number of aldehydes is 1. The van der Waals surface area contributed by atoms with Gasteiger partial charge in [-0.05, 0) is 24.6 Å². The maximum atomic E-state index is 11.0. The molecule has 0 radical (unpaired) electrons. The highest BCUT2D eigenvalue weighted by atomic mass is 35.5. The van der Waals surface area contributed by atoms with Gasteiger partial charge in [0.15, 0.2) is 6.29 Å². The van der Waals surface area contributed by atoms with Gasteiger partial charge >= 0.3 is 0 Å². The van der Waals surface area contributed by atoms with Crippen LogP contribution in [0.2, 0.25) is 5.02 Å². The topological polar surface area (TPSA) is 44.1 Å². The minimum atomic E-state index is 0.352. The quantitative estimate of drug-likeness (QED) is 0.790. The number of benzene rings is 1. The second-order valence-corrected chi connectivity index (χ2v) is 4.57. The van der Waals surface area contributed by atoms with E-state index in [1.165, 1.54) is 0 Å². The predicted molar refractivity (Wildman–Crippen MR) is 73.8 cm³/mol. The summed E-state index contributed by atoms with van der Waals surface area (Å²) in [6, 6.07) is 7.14. The monoisotopic (exact) mass is 278 g/mol. The van der Waals surface area contributed by atoms with Crippen LogP contribution in [-0.4, -0.2) is 16.1 Å². The third-order valence-corrected chi connectivity index (χ3v) is 3.23. The number of hydrogen-bond donors (Lipinski definition) is 0. The Hall–Kier alpha value is -1.81. The Labute approximate surface area is 116 Å². The second-order valence-electron chi connectivity index (χ2n) is 4.16. The van der Waals surface area contributed by atoms with Crippen molar-refractivity contribution < 1.29 is 9.53 Å².